The van der Waals surface area contributed by atoms with Gasteiger partial charge in [-0.2, -0.15) is 27.0 Å². The van der Waals surface area contributed by atoms with E-state index in [0.717, 1.165) is 35.0 Å². The molecule has 1 saturated heterocycles. The third-order valence-electron chi connectivity index (χ3n) is 5.38. The van der Waals surface area contributed by atoms with Gasteiger partial charge in [0.1, 0.15) is 0 Å². The van der Waals surface area contributed by atoms with Crippen LogP contribution in [0.25, 0.3) is 10.9 Å². The molecule has 2 heterocycles. The summed E-state index contributed by atoms with van der Waals surface area (Å²) in [6.07, 6.45) is 0.714. The maximum Gasteiger partial charge on any atom is 0.248 e. The van der Waals surface area contributed by atoms with Gasteiger partial charge in [-0.3, -0.25) is 14.5 Å². The van der Waals surface area contributed by atoms with Crippen LogP contribution in [-0.4, -0.2) is 46.6 Å². The van der Waals surface area contributed by atoms with Crippen molar-refractivity contribution in [2.24, 2.45) is 0 Å². The van der Waals surface area contributed by atoms with E-state index >= 15 is 0 Å². The highest BCUT2D eigenvalue weighted by Gasteiger charge is 2.24. The van der Waals surface area contributed by atoms with Gasteiger partial charge in [-0.1, -0.05) is 49.9 Å². The number of β-amino-alcohol motifs (C(OH)–C–C–N with tert-alkyl or cyclic N) is 1. The fourth-order valence-electron chi connectivity index (χ4n) is 3.89. The molecule has 6 nitrogen and oxygen atoms in total. The molecule has 3 aromatic rings. The van der Waals surface area contributed by atoms with Gasteiger partial charge >= 0.3 is 0 Å². The minimum atomic E-state index is -0.290. The third kappa shape index (κ3) is 7.13. The summed E-state index contributed by atoms with van der Waals surface area (Å²) in [5.74, 6) is -0.0729. The molecule has 2 atom stereocenters. The second-order valence-electron chi connectivity index (χ2n) is 7.65. The number of H-pyrrole nitrogens is 1. The van der Waals surface area contributed by atoms with E-state index in [1.54, 1.807) is 6.07 Å². The SMILES string of the molecule is C.O=C(Cc1ccc2ccc(=O)[nH]c2c1)N[C@H](CN1CC[C@H](O)C1)c1ccccc1.S.S. The molecule has 4 rings (SSSR count). The molecule has 174 valence electrons. The van der Waals surface area contributed by atoms with Crippen LogP contribution in [-0.2, 0) is 11.2 Å². The van der Waals surface area contributed by atoms with Gasteiger partial charge in [-0.25, -0.2) is 0 Å². The first-order valence-corrected chi connectivity index (χ1v) is 9.93. The molecule has 1 aliphatic heterocycles. The maximum absolute atomic E-state index is 12.8. The van der Waals surface area contributed by atoms with Gasteiger partial charge in [0.25, 0.3) is 0 Å². The van der Waals surface area contributed by atoms with Crippen LogP contribution in [0.15, 0.2) is 65.5 Å². The van der Waals surface area contributed by atoms with Crippen molar-refractivity contribution in [2.75, 3.05) is 19.6 Å². The molecule has 3 N–H and O–H groups in total. The molecule has 0 spiro atoms. The van der Waals surface area contributed by atoms with E-state index in [1.807, 2.05) is 48.5 Å². The lowest BCUT2D eigenvalue weighted by Gasteiger charge is -2.25. The number of nitrogens with zero attached hydrogens (tertiary/aromatic N) is 1. The Labute approximate surface area is 202 Å². The zero-order valence-electron chi connectivity index (χ0n) is 17.2. The molecule has 0 saturated carbocycles. The summed E-state index contributed by atoms with van der Waals surface area (Å²) in [7, 11) is 0. The molecule has 0 radical (unpaired) electrons. The van der Waals surface area contributed by atoms with E-state index in [9.17, 15) is 14.7 Å². The Morgan fingerprint density at radius 1 is 1.12 bits per heavy atom. The molecule has 8 heteroatoms. The number of aromatic amines is 1. The Balaban J connectivity index is 0.00000171. The lowest BCUT2D eigenvalue weighted by atomic mass is 10.0. The molecule has 2 aromatic carbocycles. The number of pyridine rings is 1. The highest BCUT2D eigenvalue weighted by Crippen LogP contribution is 2.19. The van der Waals surface area contributed by atoms with Gasteiger partial charge in [0.05, 0.1) is 18.6 Å². The average molecular weight is 476 g/mol. The van der Waals surface area contributed by atoms with Crippen LogP contribution in [0, 0.1) is 0 Å². The van der Waals surface area contributed by atoms with E-state index in [-0.39, 0.29) is 64.5 Å². The number of carbonyl (C=O) groups is 1. The van der Waals surface area contributed by atoms with Gasteiger partial charge in [0.15, 0.2) is 0 Å². The van der Waals surface area contributed by atoms with Crippen molar-refractivity contribution in [1.82, 2.24) is 15.2 Å². The van der Waals surface area contributed by atoms with Crippen molar-refractivity contribution in [3.05, 3.63) is 82.1 Å². The highest BCUT2D eigenvalue weighted by atomic mass is 32.1. The number of benzene rings is 2. The summed E-state index contributed by atoms with van der Waals surface area (Å²) < 4.78 is 0. The van der Waals surface area contributed by atoms with Crippen LogP contribution in [0.2, 0.25) is 0 Å². The zero-order chi connectivity index (χ0) is 20.2. The number of aromatic nitrogens is 1. The summed E-state index contributed by atoms with van der Waals surface area (Å²) in [6, 6.07) is 18.7. The molecule has 0 bridgehead atoms. The maximum atomic E-state index is 12.8. The number of hydrogen-bond acceptors (Lipinski definition) is 4. The largest absolute Gasteiger partial charge is 0.392 e. The van der Waals surface area contributed by atoms with Crippen molar-refractivity contribution in [2.45, 2.75) is 32.4 Å². The van der Waals surface area contributed by atoms with Gasteiger partial charge in [0, 0.05) is 31.2 Å². The Hall–Kier alpha value is -2.26. The topological polar surface area (TPSA) is 85.4 Å². The predicted molar refractivity (Wildman–Crippen MR) is 140 cm³/mol. The number of likely N-dealkylation sites (tertiary alicyclic amines) is 1. The molecule has 1 aliphatic rings. The molecule has 1 amide bonds. The van der Waals surface area contributed by atoms with Crippen LogP contribution in [0.1, 0.15) is 31.0 Å². The molecule has 0 unspecified atom stereocenters. The van der Waals surface area contributed by atoms with Gasteiger partial charge < -0.3 is 15.4 Å². The lowest BCUT2D eigenvalue weighted by molar-refractivity contribution is -0.121. The fourth-order valence-corrected chi connectivity index (χ4v) is 3.89. The number of amides is 1. The van der Waals surface area contributed by atoms with E-state index < -0.39 is 0 Å². The number of fused-ring (bicyclic) bond motifs is 1. The van der Waals surface area contributed by atoms with E-state index in [4.69, 9.17) is 0 Å². The van der Waals surface area contributed by atoms with E-state index in [2.05, 4.69) is 15.2 Å². The number of aliphatic hydroxyl groups excluding tert-OH is 1. The summed E-state index contributed by atoms with van der Waals surface area (Å²) in [4.78, 5) is 29.3. The summed E-state index contributed by atoms with van der Waals surface area (Å²) in [5, 5.41) is 13.9. The molecular formula is C24H33N3O3S2. The van der Waals surface area contributed by atoms with Crippen LogP contribution >= 0.6 is 27.0 Å². The van der Waals surface area contributed by atoms with Crippen molar-refractivity contribution in [3.8, 4) is 0 Å². The van der Waals surface area contributed by atoms with Crippen LogP contribution in [0.5, 0.6) is 0 Å². The quantitative estimate of drug-likeness (QED) is 0.512. The van der Waals surface area contributed by atoms with Crippen LogP contribution < -0.4 is 10.9 Å². The van der Waals surface area contributed by atoms with E-state index in [0.29, 0.717) is 13.1 Å². The number of rotatable bonds is 6. The van der Waals surface area contributed by atoms with Gasteiger partial charge in [0.2, 0.25) is 11.5 Å². The summed E-state index contributed by atoms with van der Waals surface area (Å²) in [5.41, 5.74) is 2.47. The molecule has 0 aliphatic carbocycles. The molecule has 1 aromatic heterocycles. The molecule has 1 fully saturated rings. The minimum Gasteiger partial charge on any atom is -0.392 e. The number of aliphatic hydroxyl groups is 1. The summed E-state index contributed by atoms with van der Waals surface area (Å²) in [6.45, 7) is 2.13. The Kier molecular flexibility index (Phi) is 11.0. The predicted octanol–water partition coefficient (Wildman–Crippen LogP) is 2.86. The Morgan fingerprint density at radius 3 is 2.53 bits per heavy atom. The van der Waals surface area contributed by atoms with Crippen molar-refractivity contribution < 1.29 is 9.90 Å². The number of carbonyl (C=O) groups excluding carboxylic acids is 1. The van der Waals surface area contributed by atoms with Gasteiger partial charge in [-0.05, 0) is 35.1 Å². The second-order valence-corrected chi connectivity index (χ2v) is 7.65. The minimum absolute atomic E-state index is 0. The average Bonchev–Trinajstić information content (AvgIpc) is 3.12. The van der Waals surface area contributed by atoms with Crippen molar-refractivity contribution in [1.29, 1.82) is 0 Å². The lowest BCUT2D eigenvalue weighted by Crippen LogP contribution is -2.38. The van der Waals surface area contributed by atoms with Gasteiger partial charge in [-0.15, -0.1) is 0 Å². The number of nitrogens with one attached hydrogen (secondary N) is 2. The first-order chi connectivity index (χ1) is 14.1. The smallest absolute Gasteiger partial charge is 0.248 e. The fraction of sp³-hybridized carbons (Fsp3) is 0.333. The molecule has 32 heavy (non-hydrogen) atoms. The first kappa shape index (κ1) is 27.8. The van der Waals surface area contributed by atoms with Crippen molar-refractivity contribution in [3.63, 3.8) is 0 Å². The summed E-state index contributed by atoms with van der Waals surface area (Å²) >= 11 is 0. The second kappa shape index (κ2) is 12.7. The standard InChI is InChI=1S/C23H25N3O3.CH4.2H2S/c27-19-10-11-26(14-19)15-21(17-4-2-1-3-5-17)25-23(29)13-16-6-7-18-8-9-22(28)24-20(18)12-16;;;/h1-9,12,19,21,27H,10-11,13-15H2,(H,24,28)(H,25,29);1H4;2*1H2/t19-,21+;;;/m0.../s1. The zero-order valence-corrected chi connectivity index (χ0v) is 19.2. The van der Waals surface area contributed by atoms with Crippen LogP contribution in [0.3, 0.4) is 0 Å². The molecular weight excluding hydrogens is 442 g/mol. The monoisotopic (exact) mass is 475 g/mol. The van der Waals surface area contributed by atoms with Crippen LogP contribution in [0.4, 0.5) is 0 Å². The van der Waals surface area contributed by atoms with Crippen molar-refractivity contribution >= 4 is 43.8 Å². The third-order valence-corrected chi connectivity index (χ3v) is 5.38. The highest BCUT2D eigenvalue weighted by molar-refractivity contribution is 7.59. The Bertz CT molecular complexity index is 1060. The number of hydrogen-bond donors (Lipinski definition) is 3. The normalized spacial score (nSPS) is 16.3. The Morgan fingerprint density at radius 2 is 1.84 bits per heavy atom. The first-order valence-electron chi connectivity index (χ1n) is 9.93. The van der Waals surface area contributed by atoms with E-state index in [1.165, 1.54) is 6.07 Å².